The highest BCUT2D eigenvalue weighted by Gasteiger charge is 2.14. The van der Waals surface area contributed by atoms with Gasteiger partial charge in [0.05, 0.1) is 22.2 Å². The van der Waals surface area contributed by atoms with Crippen molar-refractivity contribution >= 4 is 23.1 Å². The van der Waals surface area contributed by atoms with Crippen LogP contribution in [0.15, 0.2) is 35.3 Å². The molecule has 0 saturated heterocycles. The summed E-state index contributed by atoms with van der Waals surface area (Å²) in [6.45, 7) is 0.0182. The zero-order valence-corrected chi connectivity index (χ0v) is 10.4. The lowest BCUT2D eigenvalue weighted by molar-refractivity contribution is -0.386. The van der Waals surface area contributed by atoms with Gasteiger partial charge in [0.25, 0.3) is 0 Å². The minimum Gasteiger partial charge on any atom is -0.384 e. The van der Waals surface area contributed by atoms with Crippen molar-refractivity contribution in [2.45, 2.75) is 6.54 Å². The number of hydrogen-bond acceptors (Lipinski definition) is 5. The molecule has 2 N–H and O–H groups in total. The molecule has 0 atom stereocenters. The third kappa shape index (κ3) is 2.71. The molecule has 0 bridgehead atoms. The van der Waals surface area contributed by atoms with Crippen molar-refractivity contribution in [2.24, 2.45) is 0 Å². The molecule has 19 heavy (non-hydrogen) atoms. The number of pyridine rings is 2. The Morgan fingerprint density at radius 3 is 2.84 bits per heavy atom. The summed E-state index contributed by atoms with van der Waals surface area (Å²) in [7, 11) is 0. The Labute approximate surface area is 112 Å². The van der Waals surface area contributed by atoms with Crippen LogP contribution in [0.5, 0.6) is 0 Å². The van der Waals surface area contributed by atoms with Gasteiger partial charge in [0, 0.05) is 12.3 Å². The second kappa shape index (κ2) is 5.07. The fourth-order valence-electron chi connectivity index (χ4n) is 1.56. The lowest BCUT2D eigenvalue weighted by atomic mass is 10.3. The summed E-state index contributed by atoms with van der Waals surface area (Å²) in [5.41, 5.74) is 4.70. The highest BCUT2D eigenvalue weighted by molar-refractivity contribution is 6.31. The van der Waals surface area contributed by atoms with E-state index >= 15 is 0 Å². The number of nitrogen functional groups attached to an aromatic ring is 1. The third-order valence-corrected chi connectivity index (χ3v) is 2.80. The van der Waals surface area contributed by atoms with Crippen LogP contribution in [0.4, 0.5) is 11.5 Å². The van der Waals surface area contributed by atoms with E-state index in [1.54, 1.807) is 6.07 Å². The molecule has 8 heteroatoms. The van der Waals surface area contributed by atoms with E-state index in [-0.39, 0.29) is 12.4 Å². The van der Waals surface area contributed by atoms with E-state index in [2.05, 4.69) is 4.98 Å². The molecule has 0 radical (unpaired) electrons. The zero-order chi connectivity index (χ0) is 14.0. The van der Waals surface area contributed by atoms with Crippen LogP contribution in [-0.4, -0.2) is 14.5 Å². The largest absolute Gasteiger partial charge is 0.384 e. The minimum atomic E-state index is -0.729. The van der Waals surface area contributed by atoms with Crippen LogP contribution in [0.2, 0.25) is 5.02 Å². The van der Waals surface area contributed by atoms with Crippen LogP contribution in [0.1, 0.15) is 5.69 Å². The van der Waals surface area contributed by atoms with Crippen molar-refractivity contribution in [1.82, 2.24) is 9.55 Å². The molecule has 2 rings (SSSR count). The first-order valence-corrected chi connectivity index (χ1v) is 5.61. The van der Waals surface area contributed by atoms with Crippen LogP contribution >= 0.6 is 11.6 Å². The summed E-state index contributed by atoms with van der Waals surface area (Å²) in [4.78, 5) is 25.8. The summed E-state index contributed by atoms with van der Waals surface area (Å²) in [6.07, 6.45) is 1.43. The van der Waals surface area contributed by atoms with Crippen LogP contribution in [0.25, 0.3) is 0 Å². The van der Waals surface area contributed by atoms with Gasteiger partial charge in [0.2, 0.25) is 0 Å². The van der Waals surface area contributed by atoms with Crippen molar-refractivity contribution in [3.8, 4) is 0 Å². The first kappa shape index (κ1) is 13.0. The molecule has 0 spiro atoms. The standard InChI is InChI=1S/C11H9ClN4O3/c12-7-3-4-10(13)14-8(7)6-15-5-1-2-9(11(15)17)16(18)19/h1-5H,6H2,(H2,13,14). The van der Waals surface area contributed by atoms with Gasteiger partial charge in [-0.25, -0.2) is 4.98 Å². The monoisotopic (exact) mass is 280 g/mol. The lowest BCUT2D eigenvalue weighted by Gasteiger charge is -2.07. The van der Waals surface area contributed by atoms with Crippen molar-refractivity contribution in [2.75, 3.05) is 5.73 Å². The highest BCUT2D eigenvalue weighted by Crippen LogP contribution is 2.16. The molecule has 0 fully saturated rings. The van der Waals surface area contributed by atoms with Gasteiger partial charge in [0.1, 0.15) is 5.82 Å². The van der Waals surface area contributed by atoms with Gasteiger partial charge in [-0.3, -0.25) is 14.9 Å². The number of aromatic nitrogens is 2. The van der Waals surface area contributed by atoms with Gasteiger partial charge in [-0.2, -0.15) is 0 Å². The zero-order valence-electron chi connectivity index (χ0n) is 9.62. The number of nitro groups is 1. The van der Waals surface area contributed by atoms with E-state index in [0.717, 1.165) is 10.6 Å². The molecule has 0 saturated carbocycles. The lowest BCUT2D eigenvalue weighted by Crippen LogP contribution is -2.22. The van der Waals surface area contributed by atoms with Crippen molar-refractivity contribution in [3.63, 3.8) is 0 Å². The second-order valence-electron chi connectivity index (χ2n) is 3.75. The average Bonchev–Trinajstić information content (AvgIpc) is 2.36. The number of halogens is 1. The fourth-order valence-corrected chi connectivity index (χ4v) is 1.73. The molecule has 0 amide bonds. The first-order valence-electron chi connectivity index (χ1n) is 5.24. The van der Waals surface area contributed by atoms with Crippen LogP contribution < -0.4 is 11.3 Å². The average molecular weight is 281 g/mol. The number of hydrogen-bond donors (Lipinski definition) is 1. The maximum atomic E-state index is 11.8. The molecule has 0 aliphatic carbocycles. The SMILES string of the molecule is Nc1ccc(Cl)c(Cn2cccc([N+](=O)[O-])c2=O)n1. The molecule has 98 valence electrons. The Balaban J connectivity index is 2.44. The number of nitrogens with zero attached hydrogens (tertiary/aromatic N) is 3. The fraction of sp³-hybridized carbons (Fsp3) is 0.0909. The second-order valence-corrected chi connectivity index (χ2v) is 4.16. The Morgan fingerprint density at radius 1 is 1.42 bits per heavy atom. The normalized spacial score (nSPS) is 10.4. The molecule has 0 aromatic carbocycles. The third-order valence-electron chi connectivity index (χ3n) is 2.46. The quantitative estimate of drug-likeness (QED) is 0.676. The summed E-state index contributed by atoms with van der Waals surface area (Å²) in [5.74, 6) is 0.262. The first-order chi connectivity index (χ1) is 8.99. The summed E-state index contributed by atoms with van der Waals surface area (Å²) < 4.78 is 1.16. The molecular formula is C11H9ClN4O3. The van der Waals surface area contributed by atoms with E-state index in [1.165, 1.54) is 18.3 Å². The van der Waals surface area contributed by atoms with E-state index in [1.807, 2.05) is 0 Å². The smallest absolute Gasteiger partial charge is 0.334 e. The molecule has 2 heterocycles. The van der Waals surface area contributed by atoms with Crippen LogP contribution in [0.3, 0.4) is 0 Å². The number of nitrogens with two attached hydrogens (primary N) is 1. The van der Waals surface area contributed by atoms with Crippen molar-refractivity contribution in [3.05, 3.63) is 61.6 Å². The Morgan fingerprint density at radius 2 is 2.16 bits per heavy atom. The maximum Gasteiger partial charge on any atom is 0.334 e. The molecule has 0 aliphatic rings. The highest BCUT2D eigenvalue weighted by atomic mass is 35.5. The van der Waals surface area contributed by atoms with Gasteiger partial charge < -0.3 is 10.3 Å². The Kier molecular flexibility index (Phi) is 3.48. The molecule has 7 nitrogen and oxygen atoms in total. The molecule has 2 aromatic rings. The number of anilines is 1. The molecular weight excluding hydrogens is 272 g/mol. The predicted molar refractivity (Wildman–Crippen MR) is 70.1 cm³/mol. The Hall–Kier alpha value is -2.41. The molecule has 0 aliphatic heterocycles. The van der Waals surface area contributed by atoms with Crippen molar-refractivity contribution < 1.29 is 4.92 Å². The Bertz CT molecular complexity index is 699. The molecule has 2 aromatic heterocycles. The van der Waals surface area contributed by atoms with E-state index < -0.39 is 16.2 Å². The van der Waals surface area contributed by atoms with Gasteiger partial charge in [-0.05, 0) is 18.2 Å². The van der Waals surface area contributed by atoms with Gasteiger partial charge in [-0.15, -0.1) is 0 Å². The summed E-state index contributed by atoms with van der Waals surface area (Å²) in [5, 5.41) is 11.0. The topological polar surface area (TPSA) is 104 Å². The van der Waals surface area contributed by atoms with Gasteiger partial charge in [0.15, 0.2) is 0 Å². The van der Waals surface area contributed by atoms with E-state index in [9.17, 15) is 14.9 Å². The van der Waals surface area contributed by atoms with Crippen LogP contribution in [-0.2, 0) is 6.54 Å². The van der Waals surface area contributed by atoms with Gasteiger partial charge in [-0.1, -0.05) is 11.6 Å². The van der Waals surface area contributed by atoms with E-state index in [4.69, 9.17) is 17.3 Å². The maximum absolute atomic E-state index is 11.8. The van der Waals surface area contributed by atoms with Crippen molar-refractivity contribution in [1.29, 1.82) is 0 Å². The summed E-state index contributed by atoms with van der Waals surface area (Å²) >= 11 is 5.93. The predicted octanol–water partition coefficient (Wildman–Crippen LogP) is 1.44. The molecule has 0 unspecified atom stereocenters. The van der Waals surface area contributed by atoms with Gasteiger partial charge >= 0.3 is 11.2 Å². The van der Waals surface area contributed by atoms with E-state index in [0.29, 0.717) is 10.7 Å². The minimum absolute atomic E-state index is 0.0182. The summed E-state index contributed by atoms with van der Waals surface area (Å²) in [6, 6.07) is 5.65. The number of rotatable bonds is 3. The van der Waals surface area contributed by atoms with Crippen LogP contribution in [0, 0.1) is 10.1 Å².